The van der Waals surface area contributed by atoms with E-state index in [9.17, 15) is 8.78 Å². The van der Waals surface area contributed by atoms with Crippen molar-refractivity contribution in [1.29, 1.82) is 0 Å². The van der Waals surface area contributed by atoms with Crippen molar-refractivity contribution in [2.45, 2.75) is 38.9 Å². The van der Waals surface area contributed by atoms with Crippen LogP contribution in [0, 0.1) is 24.5 Å². The Balaban J connectivity index is 1.52. The van der Waals surface area contributed by atoms with Crippen molar-refractivity contribution >= 4 is 0 Å². The van der Waals surface area contributed by atoms with E-state index in [1.807, 2.05) is 6.92 Å². The van der Waals surface area contributed by atoms with Gasteiger partial charge in [0, 0.05) is 50.0 Å². The Hall–Kier alpha value is -1.99. The first-order chi connectivity index (χ1) is 13.0. The van der Waals surface area contributed by atoms with Gasteiger partial charge in [-0.25, -0.2) is 13.8 Å². The highest BCUT2D eigenvalue weighted by atomic mass is 19.2. The molecule has 0 saturated carbocycles. The van der Waals surface area contributed by atoms with Gasteiger partial charge < -0.3 is 9.72 Å². The smallest absolute Gasteiger partial charge is 0.167 e. The van der Waals surface area contributed by atoms with Crippen LogP contribution < -0.4 is 4.74 Å². The molecule has 0 unspecified atom stereocenters. The number of fused-ring (bicyclic) bond motifs is 4. The minimum Gasteiger partial charge on any atom is -0.496 e. The first-order valence-electron chi connectivity index (χ1n) is 9.51. The van der Waals surface area contributed by atoms with Crippen molar-refractivity contribution in [3.8, 4) is 5.75 Å². The van der Waals surface area contributed by atoms with Crippen LogP contribution in [0.5, 0.6) is 5.75 Å². The molecule has 27 heavy (non-hydrogen) atoms. The number of nitrogens with one attached hydrogen (secondary N) is 1. The number of halogens is 2. The Morgan fingerprint density at radius 2 is 2.04 bits per heavy atom. The predicted octanol–water partition coefficient (Wildman–Crippen LogP) is 3.10. The van der Waals surface area contributed by atoms with E-state index in [1.165, 1.54) is 19.6 Å². The third kappa shape index (κ3) is 3.71. The maximum absolute atomic E-state index is 14.4. The zero-order valence-electron chi connectivity index (χ0n) is 15.8. The van der Waals surface area contributed by atoms with Gasteiger partial charge in [0.15, 0.2) is 11.6 Å². The lowest BCUT2D eigenvalue weighted by molar-refractivity contribution is 0.120. The highest BCUT2D eigenvalue weighted by Gasteiger charge is 2.35. The summed E-state index contributed by atoms with van der Waals surface area (Å²) in [6, 6.07) is 2.96. The summed E-state index contributed by atoms with van der Waals surface area (Å²) >= 11 is 0. The molecule has 4 heterocycles. The molecule has 3 fully saturated rings. The number of aryl methyl sites for hydroxylation is 1. The molecule has 1 aromatic carbocycles. The molecule has 2 aromatic rings. The van der Waals surface area contributed by atoms with Gasteiger partial charge in [-0.15, -0.1) is 0 Å². The second-order valence-corrected chi connectivity index (χ2v) is 7.74. The van der Waals surface area contributed by atoms with Gasteiger partial charge in [-0.2, -0.15) is 0 Å². The molecule has 3 aliphatic heterocycles. The second kappa shape index (κ2) is 7.56. The average molecular weight is 376 g/mol. The van der Waals surface area contributed by atoms with Crippen molar-refractivity contribution in [1.82, 2.24) is 19.8 Å². The first kappa shape index (κ1) is 18.4. The summed E-state index contributed by atoms with van der Waals surface area (Å²) in [5.74, 6) is -0.663. The molecule has 0 amide bonds. The molecule has 3 saturated heterocycles. The third-order valence-corrected chi connectivity index (χ3v) is 5.94. The number of aromatic nitrogens is 2. The van der Waals surface area contributed by atoms with Crippen LogP contribution in [0.25, 0.3) is 0 Å². The van der Waals surface area contributed by atoms with Crippen molar-refractivity contribution in [2.24, 2.45) is 5.92 Å². The normalized spacial score (nSPS) is 23.6. The van der Waals surface area contributed by atoms with Crippen LogP contribution in [-0.2, 0) is 13.1 Å². The highest BCUT2D eigenvalue weighted by molar-refractivity contribution is 5.35. The average Bonchev–Trinajstić information content (AvgIpc) is 2.87. The zero-order chi connectivity index (χ0) is 19.0. The van der Waals surface area contributed by atoms with Crippen LogP contribution >= 0.6 is 0 Å². The van der Waals surface area contributed by atoms with Gasteiger partial charge in [-0.1, -0.05) is 0 Å². The summed E-state index contributed by atoms with van der Waals surface area (Å²) in [5, 5.41) is 0. The van der Waals surface area contributed by atoms with E-state index in [1.54, 1.807) is 6.33 Å². The van der Waals surface area contributed by atoms with E-state index >= 15 is 0 Å². The lowest BCUT2D eigenvalue weighted by Gasteiger charge is -2.36. The van der Waals surface area contributed by atoms with Crippen molar-refractivity contribution in [3.63, 3.8) is 0 Å². The zero-order valence-corrected chi connectivity index (χ0v) is 15.8. The molecule has 1 aromatic heterocycles. The van der Waals surface area contributed by atoms with Crippen LogP contribution in [0.1, 0.15) is 29.8 Å². The second-order valence-electron chi connectivity index (χ2n) is 7.74. The molecule has 2 bridgehead atoms. The van der Waals surface area contributed by atoms with Crippen LogP contribution in [0.3, 0.4) is 0 Å². The summed E-state index contributed by atoms with van der Waals surface area (Å²) in [4.78, 5) is 12.3. The van der Waals surface area contributed by atoms with Crippen molar-refractivity contribution < 1.29 is 13.5 Å². The SMILES string of the molecule is COc1ccc(F)c(F)c1CN1C[C@@H]2CC[C@H]1CN(Cc1nc[nH]c1C)C2. The Labute approximate surface area is 158 Å². The Morgan fingerprint density at radius 1 is 1.19 bits per heavy atom. The van der Waals surface area contributed by atoms with Gasteiger partial charge in [0.05, 0.1) is 19.1 Å². The third-order valence-electron chi connectivity index (χ3n) is 5.94. The van der Waals surface area contributed by atoms with E-state index in [2.05, 4.69) is 19.8 Å². The first-order valence-corrected chi connectivity index (χ1v) is 9.51. The quantitative estimate of drug-likeness (QED) is 0.871. The molecular weight excluding hydrogens is 350 g/mol. The molecule has 0 radical (unpaired) electrons. The predicted molar refractivity (Wildman–Crippen MR) is 98.4 cm³/mol. The Bertz CT molecular complexity index is 809. The van der Waals surface area contributed by atoms with Gasteiger partial charge in [0.1, 0.15) is 5.75 Å². The molecule has 1 N–H and O–H groups in total. The summed E-state index contributed by atoms with van der Waals surface area (Å²) in [5.41, 5.74) is 2.51. The number of imidazole rings is 1. The Kier molecular flexibility index (Phi) is 5.14. The number of aromatic amines is 1. The largest absolute Gasteiger partial charge is 0.496 e. The van der Waals surface area contributed by atoms with Gasteiger partial charge in [0.2, 0.25) is 0 Å². The summed E-state index contributed by atoms with van der Waals surface area (Å²) in [7, 11) is 1.50. The van der Waals surface area contributed by atoms with Gasteiger partial charge in [0.25, 0.3) is 0 Å². The van der Waals surface area contributed by atoms with Gasteiger partial charge in [-0.05, 0) is 37.8 Å². The number of H-pyrrole nitrogens is 1. The number of rotatable bonds is 5. The summed E-state index contributed by atoms with van der Waals surface area (Å²) in [6.07, 6.45) is 4.00. The molecule has 0 spiro atoms. The summed E-state index contributed by atoms with van der Waals surface area (Å²) < 4.78 is 33.5. The van der Waals surface area contributed by atoms with Crippen molar-refractivity contribution in [2.75, 3.05) is 26.7 Å². The van der Waals surface area contributed by atoms with E-state index in [4.69, 9.17) is 4.74 Å². The minimum atomic E-state index is -0.818. The maximum atomic E-state index is 14.4. The lowest BCUT2D eigenvalue weighted by atomic mass is 9.94. The number of nitrogens with zero attached hydrogens (tertiary/aromatic N) is 3. The fraction of sp³-hybridized carbons (Fsp3) is 0.550. The number of piperidine rings is 1. The van der Waals surface area contributed by atoms with E-state index < -0.39 is 11.6 Å². The molecule has 5 nitrogen and oxygen atoms in total. The number of methoxy groups -OCH3 is 1. The van der Waals surface area contributed by atoms with E-state index in [0.717, 1.165) is 50.1 Å². The molecule has 2 atom stereocenters. The fourth-order valence-corrected chi connectivity index (χ4v) is 4.47. The number of ether oxygens (including phenoxy) is 1. The number of hydrogen-bond donors (Lipinski definition) is 1. The minimum absolute atomic E-state index is 0.319. The molecule has 5 rings (SSSR count). The number of hydrogen-bond acceptors (Lipinski definition) is 4. The molecular formula is C20H26F2N4O. The molecule has 7 heteroatoms. The highest BCUT2D eigenvalue weighted by Crippen LogP contribution is 2.32. The van der Waals surface area contributed by atoms with Gasteiger partial charge >= 0.3 is 0 Å². The summed E-state index contributed by atoms with van der Waals surface area (Å²) in [6.45, 7) is 6.08. The number of benzene rings is 1. The van der Waals surface area contributed by atoms with Crippen LogP contribution in [0.15, 0.2) is 18.5 Å². The topological polar surface area (TPSA) is 44.4 Å². The van der Waals surface area contributed by atoms with Gasteiger partial charge in [-0.3, -0.25) is 9.80 Å². The Morgan fingerprint density at radius 3 is 2.78 bits per heavy atom. The monoisotopic (exact) mass is 376 g/mol. The standard InChI is InChI=1S/C20H26F2N4O/c1-13-18(24-12-23-13)11-25-7-14-3-4-15(9-25)26(8-14)10-16-19(27-2)6-5-17(21)20(16)22/h5-6,12,14-15H,3-4,7-11H2,1-2H3,(H,23,24)/t14-,15+/m1/s1. The van der Waals surface area contributed by atoms with Crippen molar-refractivity contribution in [3.05, 3.63) is 47.0 Å². The van der Waals surface area contributed by atoms with Crippen LogP contribution in [-0.4, -0.2) is 52.6 Å². The molecule has 3 aliphatic rings. The van der Waals surface area contributed by atoms with Crippen LogP contribution in [0.4, 0.5) is 8.78 Å². The lowest BCUT2D eigenvalue weighted by Crippen LogP contribution is -2.43. The fourth-order valence-electron chi connectivity index (χ4n) is 4.47. The molecule has 146 valence electrons. The van der Waals surface area contributed by atoms with E-state index in [-0.39, 0.29) is 0 Å². The van der Waals surface area contributed by atoms with E-state index in [0.29, 0.717) is 29.8 Å². The molecule has 0 aliphatic carbocycles. The van der Waals surface area contributed by atoms with Crippen LogP contribution in [0.2, 0.25) is 0 Å². The maximum Gasteiger partial charge on any atom is 0.167 e.